The quantitative estimate of drug-likeness (QED) is 0.572. The topological polar surface area (TPSA) is 88.2 Å². The van der Waals surface area contributed by atoms with Gasteiger partial charge in [-0.1, -0.05) is 29.3 Å². The maximum absolute atomic E-state index is 12.4. The number of carbonyl (C=O) groups excluding carboxylic acids is 1. The van der Waals surface area contributed by atoms with Crippen molar-refractivity contribution < 1.29 is 13.2 Å². The average Bonchev–Trinajstić information content (AvgIpc) is 3.09. The number of nitrogens with one attached hydrogen (secondary N) is 2. The molecule has 0 unspecified atom stereocenters. The molecule has 0 bridgehead atoms. The highest BCUT2D eigenvalue weighted by Gasteiger charge is 2.16. The first kappa shape index (κ1) is 20.3. The maximum Gasteiger partial charge on any atom is 0.263 e. The van der Waals surface area contributed by atoms with E-state index in [2.05, 4.69) is 15.0 Å². The maximum atomic E-state index is 12.4. The normalized spacial score (nSPS) is 11.2. The van der Waals surface area contributed by atoms with E-state index in [0.29, 0.717) is 22.8 Å². The van der Waals surface area contributed by atoms with Crippen molar-refractivity contribution in [3.8, 4) is 0 Å². The summed E-state index contributed by atoms with van der Waals surface area (Å²) in [4.78, 5) is 16.5. The van der Waals surface area contributed by atoms with Crippen LogP contribution in [0.15, 0.2) is 58.8 Å². The second-order valence-corrected chi connectivity index (χ2v) is 9.09. The highest BCUT2D eigenvalue weighted by atomic mass is 35.5. The van der Waals surface area contributed by atoms with Gasteiger partial charge in [0.1, 0.15) is 0 Å². The predicted molar refractivity (Wildman–Crippen MR) is 113 cm³/mol. The van der Waals surface area contributed by atoms with E-state index in [-0.39, 0.29) is 22.4 Å². The van der Waals surface area contributed by atoms with Crippen molar-refractivity contribution in [3.05, 3.63) is 70.2 Å². The van der Waals surface area contributed by atoms with Crippen molar-refractivity contribution in [2.24, 2.45) is 0 Å². The molecule has 2 N–H and O–H groups in total. The van der Waals surface area contributed by atoms with Gasteiger partial charge < -0.3 is 5.32 Å². The molecule has 0 aliphatic rings. The summed E-state index contributed by atoms with van der Waals surface area (Å²) in [6.45, 7) is 1.89. The van der Waals surface area contributed by atoms with Crippen LogP contribution in [0.25, 0.3) is 0 Å². The Morgan fingerprint density at radius 1 is 1.11 bits per heavy atom. The van der Waals surface area contributed by atoms with Crippen LogP contribution in [0.4, 0.5) is 10.8 Å². The zero-order valence-electron chi connectivity index (χ0n) is 15.0. The van der Waals surface area contributed by atoms with E-state index >= 15 is 0 Å². The molecule has 28 heavy (non-hydrogen) atoms. The number of hydrogen-bond donors (Lipinski definition) is 2. The zero-order chi connectivity index (χ0) is 20.1. The van der Waals surface area contributed by atoms with E-state index in [1.165, 1.54) is 11.3 Å². The molecule has 1 aromatic heterocycles. The van der Waals surface area contributed by atoms with Gasteiger partial charge in [-0.25, -0.2) is 13.4 Å². The molecule has 0 spiro atoms. The number of hydrogen-bond acceptors (Lipinski definition) is 5. The molecule has 0 aliphatic carbocycles. The molecule has 1 amide bonds. The summed E-state index contributed by atoms with van der Waals surface area (Å²) < 4.78 is 27.3. The number of aryl methyl sites for hydroxylation is 2. The molecule has 0 saturated carbocycles. The van der Waals surface area contributed by atoms with E-state index < -0.39 is 10.0 Å². The minimum Gasteiger partial charge on any atom is -0.326 e. The Bertz CT molecular complexity index is 1060. The van der Waals surface area contributed by atoms with E-state index in [4.69, 9.17) is 11.6 Å². The van der Waals surface area contributed by atoms with Gasteiger partial charge in [0.15, 0.2) is 5.13 Å². The first-order valence-electron chi connectivity index (χ1n) is 8.41. The summed E-state index contributed by atoms with van der Waals surface area (Å²) in [7, 11) is -3.68. The van der Waals surface area contributed by atoms with Crippen molar-refractivity contribution in [1.82, 2.24) is 4.98 Å². The van der Waals surface area contributed by atoms with Gasteiger partial charge in [0, 0.05) is 22.5 Å². The van der Waals surface area contributed by atoms with Crippen molar-refractivity contribution in [3.63, 3.8) is 0 Å². The van der Waals surface area contributed by atoms with Gasteiger partial charge in [-0.05, 0) is 49.7 Å². The Balaban J connectivity index is 1.55. The number of amides is 1. The molecule has 3 aromatic rings. The fourth-order valence-electron chi connectivity index (χ4n) is 2.36. The van der Waals surface area contributed by atoms with Crippen LogP contribution in [-0.2, 0) is 21.2 Å². The van der Waals surface area contributed by atoms with Crippen molar-refractivity contribution >= 4 is 49.7 Å². The lowest BCUT2D eigenvalue weighted by Crippen LogP contribution is -2.13. The third-order valence-corrected chi connectivity index (χ3v) is 6.38. The molecule has 0 fully saturated rings. The monoisotopic (exact) mass is 435 g/mol. The Morgan fingerprint density at radius 3 is 2.46 bits per heavy atom. The molecule has 0 atom stereocenters. The number of carbonyl (C=O) groups is 1. The van der Waals surface area contributed by atoms with Crippen LogP contribution in [0, 0.1) is 6.92 Å². The lowest BCUT2D eigenvalue weighted by Gasteiger charge is -2.05. The van der Waals surface area contributed by atoms with Crippen LogP contribution in [-0.4, -0.2) is 19.3 Å². The molecule has 0 aliphatic heterocycles. The molecule has 1 heterocycles. The molecule has 3 rings (SSSR count). The molecule has 9 heteroatoms. The standard InChI is InChI=1S/C19H18ClN3O3S2/c1-13-2-9-17(10-3-13)28(25,26)23-19-22-16(12-27-19)8-11-18(24)21-15-6-4-14(20)5-7-15/h2-7,9-10,12H,8,11H2,1H3,(H,21,24)(H,22,23). The van der Waals surface area contributed by atoms with Gasteiger partial charge in [0.05, 0.1) is 10.6 Å². The second-order valence-electron chi connectivity index (χ2n) is 6.12. The summed E-state index contributed by atoms with van der Waals surface area (Å²) in [6.07, 6.45) is 0.638. The van der Waals surface area contributed by atoms with E-state index in [9.17, 15) is 13.2 Å². The van der Waals surface area contributed by atoms with Gasteiger partial charge in [-0.3, -0.25) is 9.52 Å². The van der Waals surface area contributed by atoms with Crippen LogP contribution in [0.1, 0.15) is 17.7 Å². The van der Waals surface area contributed by atoms with E-state index in [0.717, 1.165) is 5.56 Å². The minimum absolute atomic E-state index is 0.155. The molecule has 0 saturated heterocycles. The SMILES string of the molecule is Cc1ccc(S(=O)(=O)Nc2nc(CCC(=O)Nc3ccc(Cl)cc3)cs2)cc1. The minimum atomic E-state index is -3.68. The summed E-state index contributed by atoms with van der Waals surface area (Å²) in [6, 6.07) is 13.4. The summed E-state index contributed by atoms with van der Waals surface area (Å²) in [5, 5.41) is 5.39. The number of nitrogens with zero attached hydrogens (tertiary/aromatic N) is 1. The van der Waals surface area contributed by atoms with Crippen LogP contribution in [0.2, 0.25) is 5.02 Å². The van der Waals surface area contributed by atoms with Gasteiger partial charge in [-0.15, -0.1) is 11.3 Å². The third kappa shape index (κ3) is 5.54. The first-order valence-corrected chi connectivity index (χ1v) is 11.2. The number of rotatable bonds is 7. The smallest absolute Gasteiger partial charge is 0.263 e. The number of benzene rings is 2. The summed E-state index contributed by atoms with van der Waals surface area (Å²) in [5.41, 5.74) is 2.30. The van der Waals surface area contributed by atoms with Crippen molar-refractivity contribution in [2.75, 3.05) is 10.0 Å². The van der Waals surface area contributed by atoms with E-state index in [1.54, 1.807) is 53.9 Å². The first-order chi connectivity index (χ1) is 13.3. The van der Waals surface area contributed by atoms with Crippen molar-refractivity contribution in [2.45, 2.75) is 24.7 Å². The number of aromatic nitrogens is 1. The average molecular weight is 436 g/mol. The number of halogens is 1. The molecule has 2 aromatic carbocycles. The summed E-state index contributed by atoms with van der Waals surface area (Å²) >= 11 is 7.00. The largest absolute Gasteiger partial charge is 0.326 e. The van der Waals surface area contributed by atoms with Gasteiger partial charge in [0.2, 0.25) is 5.91 Å². The molecular weight excluding hydrogens is 418 g/mol. The number of anilines is 2. The highest BCUT2D eigenvalue weighted by Crippen LogP contribution is 2.21. The molecular formula is C19H18ClN3O3S2. The van der Waals surface area contributed by atoms with Crippen LogP contribution >= 0.6 is 22.9 Å². The third-order valence-electron chi connectivity index (χ3n) is 3.84. The highest BCUT2D eigenvalue weighted by molar-refractivity contribution is 7.93. The van der Waals surface area contributed by atoms with E-state index in [1.807, 2.05) is 6.92 Å². The number of thiazole rings is 1. The second kappa shape index (κ2) is 8.72. The Hall–Kier alpha value is -2.42. The summed E-state index contributed by atoms with van der Waals surface area (Å²) in [5.74, 6) is -0.155. The Labute approximate surface area is 172 Å². The van der Waals surface area contributed by atoms with Crippen molar-refractivity contribution in [1.29, 1.82) is 0 Å². The number of sulfonamides is 1. The van der Waals surface area contributed by atoms with Gasteiger partial charge in [0.25, 0.3) is 10.0 Å². The molecule has 146 valence electrons. The van der Waals surface area contributed by atoms with Gasteiger partial charge in [-0.2, -0.15) is 0 Å². The van der Waals surface area contributed by atoms with Crippen LogP contribution in [0.5, 0.6) is 0 Å². The predicted octanol–water partition coefficient (Wildman–Crippen LogP) is 4.48. The molecule has 6 nitrogen and oxygen atoms in total. The van der Waals surface area contributed by atoms with Crippen LogP contribution < -0.4 is 10.0 Å². The fourth-order valence-corrected chi connectivity index (χ4v) is 4.48. The Morgan fingerprint density at radius 2 is 1.79 bits per heavy atom. The van der Waals surface area contributed by atoms with Gasteiger partial charge >= 0.3 is 0 Å². The fraction of sp³-hybridized carbons (Fsp3) is 0.158. The van der Waals surface area contributed by atoms with Crippen LogP contribution in [0.3, 0.4) is 0 Å². The lowest BCUT2D eigenvalue weighted by atomic mass is 10.2. The Kier molecular flexibility index (Phi) is 6.33. The lowest BCUT2D eigenvalue weighted by molar-refractivity contribution is -0.116. The zero-order valence-corrected chi connectivity index (χ0v) is 17.4. The molecule has 0 radical (unpaired) electrons.